The first-order chi connectivity index (χ1) is 31.2. The highest BCUT2D eigenvalue weighted by Crippen LogP contribution is 2.42. The Hall–Kier alpha value is -8.40. The van der Waals surface area contributed by atoms with E-state index in [0.717, 1.165) is 55.8 Å². The maximum Gasteiger partial charge on any atom is 0.135 e. The zero-order valence-corrected chi connectivity index (χ0v) is 34.4. The van der Waals surface area contributed by atoms with Crippen LogP contribution in [0.1, 0.15) is 0 Å². The number of para-hydroxylation sites is 3. The number of hydrogen-bond donors (Lipinski definition) is 0. The molecule has 3 nitrogen and oxygen atoms in total. The van der Waals surface area contributed by atoms with Crippen molar-refractivity contribution in [3.63, 3.8) is 0 Å². The number of rotatable bonds is 8. The van der Waals surface area contributed by atoms with Gasteiger partial charge in [0.15, 0.2) is 0 Å². The molecule has 0 unspecified atom stereocenters. The van der Waals surface area contributed by atoms with E-state index in [9.17, 15) is 0 Å². The first-order valence-corrected chi connectivity index (χ1v) is 21.5. The molecule has 0 N–H and O–H groups in total. The summed E-state index contributed by atoms with van der Waals surface area (Å²) in [5, 5.41) is 4.69. The molecule has 0 aliphatic rings. The van der Waals surface area contributed by atoms with Gasteiger partial charge in [0.2, 0.25) is 0 Å². The SMILES string of the molecule is c1ccc(-c2cc(-c3ccccc3)cc(-c3ccc(N(c4ccc(-c5ccc6c(c5)c5ccccc5n6-c5ccccc5)cc4)c4ccc5oc6ccccc6c5c4)cc3)c2)cc1. The van der Waals surface area contributed by atoms with Crippen molar-refractivity contribution in [2.75, 3.05) is 4.90 Å². The van der Waals surface area contributed by atoms with Crippen LogP contribution in [0.25, 0.3) is 93.9 Å². The summed E-state index contributed by atoms with van der Waals surface area (Å²) in [6.07, 6.45) is 0. The third kappa shape index (κ3) is 6.55. The first kappa shape index (κ1) is 36.5. The van der Waals surface area contributed by atoms with Crippen LogP contribution in [-0.2, 0) is 0 Å². The highest BCUT2D eigenvalue weighted by molar-refractivity contribution is 6.10. The van der Waals surface area contributed by atoms with Gasteiger partial charge < -0.3 is 13.9 Å². The van der Waals surface area contributed by atoms with Gasteiger partial charge in [-0.2, -0.15) is 0 Å². The molecule has 0 saturated carbocycles. The van der Waals surface area contributed by atoms with Gasteiger partial charge in [0.05, 0.1) is 11.0 Å². The number of furan rings is 1. The summed E-state index contributed by atoms with van der Waals surface area (Å²) in [6.45, 7) is 0. The molecule has 0 bridgehead atoms. The van der Waals surface area contributed by atoms with Crippen molar-refractivity contribution in [2.45, 2.75) is 0 Å². The summed E-state index contributed by atoms with van der Waals surface area (Å²) in [7, 11) is 0. The Labute approximate surface area is 366 Å². The molecule has 3 heteroatoms. The summed E-state index contributed by atoms with van der Waals surface area (Å²) < 4.78 is 8.64. The van der Waals surface area contributed by atoms with Crippen molar-refractivity contribution < 1.29 is 4.42 Å². The lowest BCUT2D eigenvalue weighted by Crippen LogP contribution is -2.09. The highest BCUT2D eigenvalue weighted by atomic mass is 16.3. The minimum Gasteiger partial charge on any atom is -0.456 e. The van der Waals surface area contributed by atoms with E-state index in [1.807, 2.05) is 12.1 Å². The second kappa shape index (κ2) is 15.3. The molecule has 0 fully saturated rings. The third-order valence-corrected chi connectivity index (χ3v) is 12.4. The average molecular weight is 805 g/mol. The predicted molar refractivity (Wildman–Crippen MR) is 264 cm³/mol. The van der Waals surface area contributed by atoms with Crippen LogP contribution in [0.15, 0.2) is 247 Å². The Morgan fingerprint density at radius 3 is 1.37 bits per heavy atom. The number of benzene rings is 10. The molecule has 0 spiro atoms. The van der Waals surface area contributed by atoms with Gasteiger partial charge in [0, 0.05) is 44.3 Å². The van der Waals surface area contributed by atoms with E-state index in [1.165, 1.54) is 55.2 Å². The molecular formula is C60H40N2O. The van der Waals surface area contributed by atoms with Gasteiger partial charge in [-0.15, -0.1) is 0 Å². The van der Waals surface area contributed by atoms with Gasteiger partial charge in [0.25, 0.3) is 0 Å². The van der Waals surface area contributed by atoms with E-state index >= 15 is 0 Å². The molecule has 12 aromatic rings. The predicted octanol–water partition coefficient (Wildman–Crippen LogP) is 16.8. The molecule has 0 aliphatic carbocycles. The standard InChI is InChI=1S/C60H40N2O/c1-4-14-41(15-5-1)46-36-47(42-16-6-2-7-17-42)38-48(37-46)44-26-31-51(32-27-44)61(52-33-35-60-56(40-52)54-21-11-13-23-59(54)63-60)50-29-24-43(25-30-50)45-28-34-58-55(39-45)53-20-10-12-22-57(53)62(58)49-18-8-3-9-19-49/h1-40H. The molecule has 2 aromatic heterocycles. The molecule has 12 rings (SSSR count). The maximum absolute atomic E-state index is 6.28. The Morgan fingerprint density at radius 2 is 0.730 bits per heavy atom. The Kier molecular flexibility index (Phi) is 8.83. The second-order valence-corrected chi connectivity index (χ2v) is 16.2. The fourth-order valence-corrected chi connectivity index (χ4v) is 9.30. The average Bonchev–Trinajstić information content (AvgIpc) is 3.90. The van der Waals surface area contributed by atoms with Crippen LogP contribution >= 0.6 is 0 Å². The number of hydrogen-bond acceptors (Lipinski definition) is 2. The molecule has 0 saturated heterocycles. The lowest BCUT2D eigenvalue weighted by atomic mass is 9.93. The van der Waals surface area contributed by atoms with Gasteiger partial charge in [-0.1, -0.05) is 146 Å². The normalized spacial score (nSPS) is 11.5. The minimum absolute atomic E-state index is 0.877. The minimum atomic E-state index is 0.877. The molecule has 0 atom stereocenters. The molecule has 0 amide bonds. The molecule has 2 heterocycles. The lowest BCUT2D eigenvalue weighted by molar-refractivity contribution is 0.669. The van der Waals surface area contributed by atoms with Crippen LogP contribution in [0.4, 0.5) is 17.1 Å². The van der Waals surface area contributed by atoms with Gasteiger partial charge in [-0.3, -0.25) is 0 Å². The van der Waals surface area contributed by atoms with Crippen LogP contribution in [0.2, 0.25) is 0 Å². The largest absolute Gasteiger partial charge is 0.456 e. The molecule has 0 aliphatic heterocycles. The topological polar surface area (TPSA) is 21.3 Å². The van der Waals surface area contributed by atoms with Crippen molar-refractivity contribution in [2.24, 2.45) is 0 Å². The summed E-state index contributed by atoms with van der Waals surface area (Å²) in [5.74, 6) is 0. The van der Waals surface area contributed by atoms with Gasteiger partial charge in [-0.05, 0) is 142 Å². The first-order valence-electron chi connectivity index (χ1n) is 21.5. The maximum atomic E-state index is 6.28. The monoisotopic (exact) mass is 804 g/mol. The molecule has 10 aromatic carbocycles. The van der Waals surface area contributed by atoms with E-state index < -0.39 is 0 Å². The lowest BCUT2D eigenvalue weighted by Gasteiger charge is -2.26. The Morgan fingerprint density at radius 1 is 0.270 bits per heavy atom. The zero-order chi connectivity index (χ0) is 41.7. The third-order valence-electron chi connectivity index (χ3n) is 12.4. The Balaban J connectivity index is 0.954. The summed E-state index contributed by atoms with van der Waals surface area (Å²) in [5.41, 5.74) is 18.0. The van der Waals surface area contributed by atoms with Gasteiger partial charge in [-0.25, -0.2) is 0 Å². The summed E-state index contributed by atoms with van der Waals surface area (Å²) in [4.78, 5) is 2.35. The fraction of sp³-hybridized carbons (Fsp3) is 0. The van der Waals surface area contributed by atoms with E-state index in [0.29, 0.717) is 0 Å². The molecule has 0 radical (unpaired) electrons. The number of nitrogens with zero attached hydrogens (tertiary/aromatic N) is 2. The van der Waals surface area contributed by atoms with Crippen molar-refractivity contribution in [3.8, 4) is 50.2 Å². The van der Waals surface area contributed by atoms with Crippen molar-refractivity contribution in [1.29, 1.82) is 0 Å². The van der Waals surface area contributed by atoms with E-state index in [2.05, 4.69) is 240 Å². The smallest absolute Gasteiger partial charge is 0.135 e. The van der Waals surface area contributed by atoms with Crippen molar-refractivity contribution in [3.05, 3.63) is 243 Å². The van der Waals surface area contributed by atoms with Crippen molar-refractivity contribution in [1.82, 2.24) is 4.57 Å². The summed E-state index contributed by atoms with van der Waals surface area (Å²) in [6, 6.07) is 87.2. The van der Waals surface area contributed by atoms with E-state index in [4.69, 9.17) is 4.42 Å². The molecular weight excluding hydrogens is 765 g/mol. The zero-order valence-electron chi connectivity index (χ0n) is 34.4. The molecule has 296 valence electrons. The van der Waals surface area contributed by atoms with Crippen molar-refractivity contribution >= 4 is 60.8 Å². The van der Waals surface area contributed by atoms with E-state index in [-0.39, 0.29) is 0 Å². The van der Waals surface area contributed by atoms with Gasteiger partial charge >= 0.3 is 0 Å². The van der Waals surface area contributed by atoms with Gasteiger partial charge in [0.1, 0.15) is 11.2 Å². The van der Waals surface area contributed by atoms with Crippen LogP contribution in [0.3, 0.4) is 0 Å². The molecule has 63 heavy (non-hydrogen) atoms. The number of fused-ring (bicyclic) bond motifs is 6. The number of aromatic nitrogens is 1. The van der Waals surface area contributed by atoms with Crippen LogP contribution in [-0.4, -0.2) is 4.57 Å². The van der Waals surface area contributed by atoms with E-state index in [1.54, 1.807) is 0 Å². The van der Waals surface area contributed by atoms with Crippen LogP contribution in [0, 0.1) is 0 Å². The summed E-state index contributed by atoms with van der Waals surface area (Å²) >= 11 is 0. The highest BCUT2D eigenvalue weighted by Gasteiger charge is 2.18. The van der Waals surface area contributed by atoms with Crippen LogP contribution < -0.4 is 4.90 Å². The number of anilines is 3. The quantitative estimate of drug-likeness (QED) is 0.153. The van der Waals surface area contributed by atoms with Crippen LogP contribution in [0.5, 0.6) is 0 Å². The fourth-order valence-electron chi connectivity index (χ4n) is 9.30. The second-order valence-electron chi connectivity index (χ2n) is 16.2. The Bertz CT molecular complexity index is 3530.